The van der Waals surface area contributed by atoms with Gasteiger partial charge in [-0.2, -0.15) is 0 Å². The van der Waals surface area contributed by atoms with Crippen molar-refractivity contribution in [1.29, 1.82) is 0 Å². The molecule has 4 nitrogen and oxygen atoms in total. The van der Waals surface area contributed by atoms with E-state index in [4.69, 9.17) is 4.74 Å². The second-order valence-electron chi connectivity index (χ2n) is 7.23. The number of ether oxygens (including phenoxy) is 1. The summed E-state index contributed by atoms with van der Waals surface area (Å²) in [7, 11) is 0. The van der Waals surface area contributed by atoms with Crippen molar-refractivity contribution in [3.05, 3.63) is 81.3 Å². The third-order valence-electron chi connectivity index (χ3n) is 4.46. The molecule has 0 spiro atoms. The van der Waals surface area contributed by atoms with Crippen LogP contribution in [0.4, 0.5) is 0 Å². The van der Waals surface area contributed by atoms with Crippen molar-refractivity contribution in [3.8, 4) is 5.75 Å². The Bertz CT molecular complexity index is 932. The quantitative estimate of drug-likeness (QED) is 0.539. The van der Waals surface area contributed by atoms with Gasteiger partial charge >= 0.3 is 0 Å². The normalized spacial score (nSPS) is 10.9. The van der Waals surface area contributed by atoms with Crippen LogP contribution in [0, 0.1) is 13.8 Å². The van der Waals surface area contributed by atoms with Gasteiger partial charge in [-0.3, -0.25) is 4.79 Å². The van der Waals surface area contributed by atoms with Crippen molar-refractivity contribution in [3.63, 3.8) is 0 Å². The molecule has 0 aliphatic heterocycles. The summed E-state index contributed by atoms with van der Waals surface area (Å²) in [5.74, 6) is 0.866. The molecule has 0 bridgehead atoms. The van der Waals surface area contributed by atoms with Crippen molar-refractivity contribution in [2.45, 2.75) is 46.9 Å². The predicted octanol–water partition coefficient (Wildman–Crippen LogP) is 5.39. The standard InChI is InChI=1S/C23H26N2O2S/c1-16(2)25(23(26)19-7-5-6-18(4)12-19)13-20-15-28-22(24-20)14-27-21-10-8-17(3)9-11-21/h5-12,15-16H,13-14H2,1-4H3. The van der Waals surface area contributed by atoms with E-state index in [0.717, 1.165) is 22.0 Å². The first-order chi connectivity index (χ1) is 13.4. The van der Waals surface area contributed by atoms with Crippen molar-refractivity contribution >= 4 is 17.2 Å². The van der Waals surface area contributed by atoms with Gasteiger partial charge in [-0.25, -0.2) is 4.98 Å². The Morgan fingerprint density at radius 3 is 2.54 bits per heavy atom. The molecule has 3 aromatic rings. The first kappa shape index (κ1) is 20.1. The number of carbonyl (C=O) groups excluding carboxylic acids is 1. The molecule has 0 unspecified atom stereocenters. The van der Waals surface area contributed by atoms with Gasteiger partial charge in [0.05, 0.1) is 12.2 Å². The Labute approximate surface area is 170 Å². The largest absolute Gasteiger partial charge is 0.486 e. The summed E-state index contributed by atoms with van der Waals surface area (Å²) in [6, 6.07) is 15.8. The summed E-state index contributed by atoms with van der Waals surface area (Å²) >= 11 is 1.56. The highest BCUT2D eigenvalue weighted by atomic mass is 32.1. The molecule has 1 heterocycles. The van der Waals surface area contributed by atoms with E-state index >= 15 is 0 Å². The average molecular weight is 395 g/mol. The van der Waals surface area contributed by atoms with E-state index in [9.17, 15) is 4.79 Å². The fraction of sp³-hybridized carbons (Fsp3) is 0.304. The van der Waals surface area contributed by atoms with E-state index in [2.05, 4.69) is 11.9 Å². The molecule has 0 aliphatic rings. The lowest BCUT2D eigenvalue weighted by Crippen LogP contribution is -2.36. The SMILES string of the molecule is Cc1ccc(OCc2nc(CN(C(=O)c3cccc(C)c3)C(C)C)cs2)cc1. The minimum Gasteiger partial charge on any atom is -0.486 e. The summed E-state index contributed by atoms with van der Waals surface area (Å²) < 4.78 is 5.81. The molecule has 0 radical (unpaired) electrons. The Morgan fingerprint density at radius 1 is 1.11 bits per heavy atom. The highest BCUT2D eigenvalue weighted by molar-refractivity contribution is 7.09. The summed E-state index contributed by atoms with van der Waals surface area (Å²) in [6.07, 6.45) is 0. The molecular weight excluding hydrogens is 368 g/mol. The van der Waals surface area contributed by atoms with Crippen LogP contribution in [-0.2, 0) is 13.2 Å². The Morgan fingerprint density at radius 2 is 1.86 bits per heavy atom. The van der Waals surface area contributed by atoms with Crippen LogP contribution in [-0.4, -0.2) is 21.8 Å². The van der Waals surface area contributed by atoms with Gasteiger partial charge in [-0.15, -0.1) is 11.3 Å². The molecule has 2 aromatic carbocycles. The number of aryl methyl sites for hydroxylation is 2. The molecule has 5 heteroatoms. The van der Waals surface area contributed by atoms with E-state index in [1.54, 1.807) is 11.3 Å². The van der Waals surface area contributed by atoms with Crippen LogP contribution >= 0.6 is 11.3 Å². The molecule has 1 amide bonds. The Hall–Kier alpha value is -2.66. The van der Waals surface area contributed by atoms with Crippen LogP contribution in [0.15, 0.2) is 53.9 Å². The van der Waals surface area contributed by atoms with Crippen molar-refractivity contribution < 1.29 is 9.53 Å². The topological polar surface area (TPSA) is 42.4 Å². The highest BCUT2D eigenvalue weighted by Gasteiger charge is 2.20. The molecule has 0 fully saturated rings. The molecule has 0 N–H and O–H groups in total. The van der Waals surface area contributed by atoms with Crippen molar-refractivity contribution in [1.82, 2.24) is 9.88 Å². The molecule has 28 heavy (non-hydrogen) atoms. The third kappa shape index (κ3) is 5.20. The minimum atomic E-state index is 0.0316. The van der Waals surface area contributed by atoms with E-state index in [1.165, 1.54) is 5.56 Å². The highest BCUT2D eigenvalue weighted by Crippen LogP contribution is 2.19. The number of aromatic nitrogens is 1. The Kier molecular flexibility index (Phi) is 6.47. The number of thiazole rings is 1. The zero-order valence-corrected chi connectivity index (χ0v) is 17.6. The maximum Gasteiger partial charge on any atom is 0.254 e. The first-order valence-electron chi connectivity index (χ1n) is 9.43. The van der Waals surface area contributed by atoms with Gasteiger partial charge in [-0.05, 0) is 52.0 Å². The molecule has 0 aliphatic carbocycles. The second-order valence-corrected chi connectivity index (χ2v) is 8.17. The molecule has 0 saturated carbocycles. The number of nitrogens with zero attached hydrogens (tertiary/aromatic N) is 2. The molecule has 3 rings (SSSR count). The molecule has 0 saturated heterocycles. The van der Waals surface area contributed by atoms with E-state index in [0.29, 0.717) is 18.7 Å². The minimum absolute atomic E-state index is 0.0316. The fourth-order valence-electron chi connectivity index (χ4n) is 2.87. The second kappa shape index (κ2) is 9.02. The van der Waals surface area contributed by atoms with Gasteiger partial charge in [0.25, 0.3) is 5.91 Å². The first-order valence-corrected chi connectivity index (χ1v) is 10.3. The molecule has 0 atom stereocenters. The monoisotopic (exact) mass is 394 g/mol. The number of hydrogen-bond acceptors (Lipinski definition) is 4. The summed E-state index contributed by atoms with van der Waals surface area (Å²) in [5, 5.41) is 2.91. The summed E-state index contributed by atoms with van der Waals surface area (Å²) in [5.41, 5.74) is 3.89. The predicted molar refractivity (Wildman–Crippen MR) is 114 cm³/mol. The number of hydrogen-bond donors (Lipinski definition) is 0. The van der Waals surface area contributed by atoms with Crippen LogP contribution in [0.5, 0.6) is 5.75 Å². The van der Waals surface area contributed by atoms with Crippen molar-refractivity contribution in [2.75, 3.05) is 0 Å². The molecular formula is C23H26N2O2S. The average Bonchev–Trinajstić information content (AvgIpc) is 3.12. The maximum atomic E-state index is 13.0. The fourth-order valence-corrected chi connectivity index (χ4v) is 3.57. The molecule has 146 valence electrons. The lowest BCUT2D eigenvalue weighted by Gasteiger charge is -2.26. The van der Waals surface area contributed by atoms with Gasteiger partial charge in [0.1, 0.15) is 17.4 Å². The van der Waals surface area contributed by atoms with E-state index < -0.39 is 0 Å². The lowest BCUT2D eigenvalue weighted by atomic mass is 10.1. The van der Waals surface area contributed by atoms with Crippen LogP contribution in [0.2, 0.25) is 0 Å². The van der Waals surface area contributed by atoms with Gasteiger partial charge < -0.3 is 9.64 Å². The zero-order chi connectivity index (χ0) is 20.1. The van der Waals surface area contributed by atoms with Crippen molar-refractivity contribution in [2.24, 2.45) is 0 Å². The number of carbonyl (C=O) groups is 1. The smallest absolute Gasteiger partial charge is 0.254 e. The van der Waals surface area contributed by atoms with Gasteiger partial charge in [-0.1, -0.05) is 35.4 Å². The third-order valence-corrected chi connectivity index (χ3v) is 5.34. The summed E-state index contributed by atoms with van der Waals surface area (Å²) in [6.45, 7) is 9.03. The van der Waals surface area contributed by atoms with Gasteiger partial charge in [0.2, 0.25) is 0 Å². The zero-order valence-electron chi connectivity index (χ0n) is 16.8. The van der Waals surface area contributed by atoms with Crippen LogP contribution in [0.25, 0.3) is 0 Å². The maximum absolute atomic E-state index is 13.0. The lowest BCUT2D eigenvalue weighted by molar-refractivity contribution is 0.0688. The van der Waals surface area contributed by atoms with Gasteiger partial charge in [0.15, 0.2) is 0 Å². The van der Waals surface area contributed by atoms with Gasteiger partial charge in [0, 0.05) is 17.0 Å². The van der Waals surface area contributed by atoms with Crippen LogP contribution < -0.4 is 4.74 Å². The summed E-state index contributed by atoms with van der Waals surface area (Å²) in [4.78, 5) is 19.5. The van der Waals surface area contributed by atoms with Crippen LogP contribution in [0.1, 0.15) is 46.0 Å². The number of benzene rings is 2. The van der Waals surface area contributed by atoms with E-state index in [1.807, 2.05) is 79.6 Å². The van der Waals surface area contributed by atoms with E-state index in [-0.39, 0.29) is 11.9 Å². The number of rotatable bonds is 7. The number of amides is 1. The Balaban J connectivity index is 1.65. The van der Waals surface area contributed by atoms with Crippen LogP contribution in [0.3, 0.4) is 0 Å². The molecule has 1 aromatic heterocycles.